The zero-order valence-corrected chi connectivity index (χ0v) is 9.59. The first-order valence-electron chi connectivity index (χ1n) is 4.72. The van der Waals surface area contributed by atoms with Gasteiger partial charge in [-0.3, -0.25) is 4.57 Å². The van der Waals surface area contributed by atoms with Crippen molar-refractivity contribution in [2.24, 2.45) is 0 Å². The molecular weight excluding hydrogens is 222 g/mol. The van der Waals surface area contributed by atoms with Crippen LogP contribution in [0.2, 0.25) is 0 Å². The van der Waals surface area contributed by atoms with Gasteiger partial charge in [0, 0.05) is 6.42 Å². The molecule has 0 aromatic carbocycles. The van der Waals surface area contributed by atoms with Gasteiger partial charge in [-0.25, -0.2) is 0 Å². The van der Waals surface area contributed by atoms with Crippen LogP contribution in [-0.2, 0) is 9.30 Å². The number of hydrogen-bond donors (Lipinski definition) is 4. The fraction of sp³-hybridized carbons (Fsp3) is 1.00. The minimum Gasteiger partial charge on any atom is -0.390 e. The molecule has 4 N–H and O–H groups in total. The monoisotopic (exact) mass is 238 g/mol. The van der Waals surface area contributed by atoms with Gasteiger partial charge in [-0.2, -0.15) is 0 Å². The Hall–Kier alpha value is 0.0949. The first-order valence-corrected chi connectivity index (χ1v) is 6.52. The molecule has 0 aliphatic carbocycles. The number of rotatable bonds is 3. The minimum atomic E-state index is -4.25. The summed E-state index contributed by atoms with van der Waals surface area (Å²) in [5.41, 5.74) is -1.06. The molecule has 1 saturated heterocycles. The van der Waals surface area contributed by atoms with Gasteiger partial charge in [-0.05, 0) is 6.92 Å². The van der Waals surface area contributed by atoms with Crippen molar-refractivity contribution in [3.63, 3.8) is 0 Å². The lowest BCUT2D eigenvalue weighted by molar-refractivity contribution is -0.0208. The number of aliphatic hydroxyl groups excluding tert-OH is 1. The third kappa shape index (κ3) is 3.55. The Morgan fingerprint density at radius 1 is 1.67 bits per heavy atom. The van der Waals surface area contributed by atoms with Gasteiger partial charge >= 0.3 is 7.60 Å². The van der Waals surface area contributed by atoms with Crippen molar-refractivity contribution in [3.8, 4) is 0 Å². The fourth-order valence-corrected chi connectivity index (χ4v) is 2.34. The highest BCUT2D eigenvalue weighted by Gasteiger charge is 2.44. The van der Waals surface area contributed by atoms with Crippen molar-refractivity contribution in [2.45, 2.75) is 37.2 Å². The SMILES string of the molecule is BC1OC(C(O)CP(=O)(O)O)CC1(C)O. The molecule has 6 nitrogen and oxygen atoms in total. The van der Waals surface area contributed by atoms with Gasteiger partial charge in [-0.1, -0.05) is 0 Å². The molecule has 0 amide bonds. The van der Waals surface area contributed by atoms with Crippen LogP contribution in [0.4, 0.5) is 0 Å². The molecule has 1 rings (SSSR count). The molecule has 1 fully saturated rings. The third-order valence-electron chi connectivity index (χ3n) is 2.72. The van der Waals surface area contributed by atoms with Crippen LogP contribution >= 0.6 is 7.60 Å². The maximum Gasteiger partial charge on any atom is 0.328 e. The predicted octanol–water partition coefficient (Wildman–Crippen LogP) is -1.98. The second kappa shape index (κ2) is 4.16. The number of aliphatic hydroxyl groups is 2. The van der Waals surface area contributed by atoms with Crippen molar-refractivity contribution in [2.75, 3.05) is 6.16 Å². The molecule has 88 valence electrons. The van der Waals surface area contributed by atoms with Gasteiger partial charge in [0.2, 0.25) is 0 Å². The smallest absolute Gasteiger partial charge is 0.328 e. The van der Waals surface area contributed by atoms with E-state index in [0.29, 0.717) is 0 Å². The average molecular weight is 238 g/mol. The highest BCUT2D eigenvalue weighted by molar-refractivity contribution is 7.51. The Balaban J connectivity index is 2.57. The molecule has 4 atom stereocenters. The van der Waals surface area contributed by atoms with Crippen molar-refractivity contribution >= 4 is 15.4 Å². The quantitative estimate of drug-likeness (QED) is 0.335. The first kappa shape index (κ1) is 13.2. The topological polar surface area (TPSA) is 107 Å². The largest absolute Gasteiger partial charge is 0.390 e. The highest BCUT2D eigenvalue weighted by Crippen LogP contribution is 2.38. The van der Waals surface area contributed by atoms with Gasteiger partial charge in [0.05, 0.1) is 30.0 Å². The fourth-order valence-electron chi connectivity index (χ4n) is 1.62. The molecule has 4 unspecified atom stereocenters. The summed E-state index contributed by atoms with van der Waals surface area (Å²) < 4.78 is 15.9. The van der Waals surface area contributed by atoms with Gasteiger partial charge in [0.1, 0.15) is 7.85 Å². The second-order valence-electron chi connectivity index (χ2n) is 4.29. The lowest BCUT2D eigenvalue weighted by Crippen LogP contribution is -2.34. The average Bonchev–Trinajstić information content (AvgIpc) is 2.23. The van der Waals surface area contributed by atoms with Crippen molar-refractivity contribution in [1.82, 2.24) is 0 Å². The maximum absolute atomic E-state index is 10.7. The zero-order chi connectivity index (χ0) is 11.9. The third-order valence-corrected chi connectivity index (χ3v) is 3.57. The van der Waals surface area contributed by atoms with Gasteiger partial charge in [0.15, 0.2) is 0 Å². The molecule has 8 heteroatoms. The molecular formula is C7H16BO6P. The van der Waals surface area contributed by atoms with Crippen LogP contribution in [0.25, 0.3) is 0 Å². The molecule has 15 heavy (non-hydrogen) atoms. The van der Waals surface area contributed by atoms with E-state index in [0.717, 1.165) is 0 Å². The van der Waals surface area contributed by atoms with E-state index in [1.54, 1.807) is 14.8 Å². The van der Waals surface area contributed by atoms with Gasteiger partial charge in [-0.15, -0.1) is 0 Å². The summed E-state index contributed by atoms with van der Waals surface area (Å²) in [5.74, 6) is 0. The molecule has 0 aromatic heterocycles. The number of ether oxygens (including phenoxy) is 1. The first-order chi connectivity index (χ1) is 6.62. The van der Waals surface area contributed by atoms with Crippen LogP contribution < -0.4 is 0 Å². The van der Waals surface area contributed by atoms with Gasteiger partial charge < -0.3 is 24.7 Å². The Morgan fingerprint density at radius 3 is 2.53 bits per heavy atom. The van der Waals surface area contributed by atoms with Crippen molar-refractivity contribution in [1.29, 1.82) is 0 Å². The lowest BCUT2D eigenvalue weighted by Gasteiger charge is -2.19. The molecule has 0 spiro atoms. The molecule has 0 radical (unpaired) electrons. The van der Waals surface area contributed by atoms with Crippen LogP contribution in [0, 0.1) is 0 Å². The Labute approximate surface area is 88.8 Å². The lowest BCUT2D eigenvalue weighted by atomic mass is 9.83. The van der Waals surface area contributed by atoms with Crippen molar-refractivity contribution in [3.05, 3.63) is 0 Å². The molecule has 1 aliphatic heterocycles. The summed E-state index contributed by atoms with van der Waals surface area (Å²) in [4.78, 5) is 17.4. The van der Waals surface area contributed by atoms with E-state index < -0.39 is 37.6 Å². The molecule has 1 aliphatic rings. The van der Waals surface area contributed by atoms with E-state index in [9.17, 15) is 14.8 Å². The van der Waals surface area contributed by atoms with E-state index in [1.807, 2.05) is 0 Å². The second-order valence-corrected chi connectivity index (χ2v) is 5.99. The van der Waals surface area contributed by atoms with E-state index in [1.165, 1.54) is 0 Å². The predicted molar refractivity (Wildman–Crippen MR) is 55.4 cm³/mol. The van der Waals surface area contributed by atoms with E-state index in [4.69, 9.17) is 14.5 Å². The van der Waals surface area contributed by atoms with Crippen LogP contribution in [0.5, 0.6) is 0 Å². The molecule has 0 bridgehead atoms. The molecule has 1 heterocycles. The zero-order valence-electron chi connectivity index (χ0n) is 8.70. The van der Waals surface area contributed by atoms with E-state index >= 15 is 0 Å². The summed E-state index contributed by atoms with van der Waals surface area (Å²) >= 11 is 0. The Kier molecular flexibility index (Phi) is 3.65. The minimum absolute atomic E-state index is 0.176. The van der Waals surface area contributed by atoms with Crippen LogP contribution in [0.3, 0.4) is 0 Å². The summed E-state index contributed by atoms with van der Waals surface area (Å²) in [7, 11) is -2.59. The highest BCUT2D eigenvalue weighted by atomic mass is 31.2. The summed E-state index contributed by atoms with van der Waals surface area (Å²) in [6.07, 6.45) is -2.43. The van der Waals surface area contributed by atoms with Crippen LogP contribution in [0.1, 0.15) is 13.3 Å². The summed E-state index contributed by atoms with van der Waals surface area (Å²) in [6, 6.07) is -0.450. The summed E-state index contributed by atoms with van der Waals surface area (Å²) in [6.45, 7) is 1.57. The Bertz CT molecular complexity index is 277. The van der Waals surface area contributed by atoms with E-state index in [-0.39, 0.29) is 6.42 Å². The van der Waals surface area contributed by atoms with E-state index in [2.05, 4.69) is 0 Å². The van der Waals surface area contributed by atoms with Crippen LogP contribution in [0.15, 0.2) is 0 Å². The molecule has 0 saturated carbocycles. The normalized spacial score (nSPS) is 39.3. The number of hydrogen-bond acceptors (Lipinski definition) is 4. The van der Waals surface area contributed by atoms with Crippen LogP contribution in [-0.4, -0.2) is 57.8 Å². The Morgan fingerprint density at radius 2 is 2.20 bits per heavy atom. The van der Waals surface area contributed by atoms with Crippen molar-refractivity contribution < 1.29 is 29.3 Å². The molecule has 0 aromatic rings. The van der Waals surface area contributed by atoms with Gasteiger partial charge in [0.25, 0.3) is 0 Å². The summed E-state index contributed by atoms with van der Waals surface area (Å²) in [5, 5.41) is 19.3. The maximum atomic E-state index is 10.7. The standard InChI is InChI=1S/C7H16BO6P/c1-7(10)2-5(14-6(7)8)4(9)3-15(11,12)13/h4-6,9-10H,2-3,8H2,1H3,(H2,11,12,13).